The maximum Gasteiger partial charge on any atom is 0.159 e. The van der Waals surface area contributed by atoms with Crippen LogP contribution in [0.4, 0.5) is 0 Å². The molecule has 0 N–H and O–H groups in total. The summed E-state index contributed by atoms with van der Waals surface area (Å²) in [4.78, 5) is 10.8. The summed E-state index contributed by atoms with van der Waals surface area (Å²) in [7, 11) is 0. The molecule has 0 saturated carbocycles. The van der Waals surface area contributed by atoms with Gasteiger partial charge in [-0.3, -0.25) is 4.79 Å². The first-order valence-corrected chi connectivity index (χ1v) is 9.12. The molecule has 0 aliphatic carbocycles. The highest BCUT2D eigenvalue weighted by molar-refractivity contribution is 5.93. The summed E-state index contributed by atoms with van der Waals surface area (Å²) in [6.45, 7) is 15.9. The molecule has 0 spiro atoms. The van der Waals surface area contributed by atoms with Crippen molar-refractivity contribution in [3.63, 3.8) is 0 Å². The predicted molar refractivity (Wildman–Crippen MR) is 117 cm³/mol. The second-order valence-corrected chi connectivity index (χ2v) is 5.87. The number of hydrogen-bond donors (Lipinski definition) is 0. The van der Waals surface area contributed by atoms with Crippen molar-refractivity contribution in [1.82, 2.24) is 9.78 Å². The Morgan fingerprint density at radius 1 is 0.963 bits per heavy atom. The second kappa shape index (κ2) is 14.3. The van der Waals surface area contributed by atoms with Crippen LogP contribution in [0.25, 0.3) is 5.69 Å². The van der Waals surface area contributed by atoms with E-state index in [0.717, 1.165) is 11.3 Å². The Labute approximate surface area is 164 Å². The lowest BCUT2D eigenvalue weighted by Gasteiger charge is -2.03. The summed E-state index contributed by atoms with van der Waals surface area (Å²) >= 11 is 0. The van der Waals surface area contributed by atoms with Crippen LogP contribution in [0.1, 0.15) is 48.7 Å². The zero-order valence-corrected chi connectivity index (χ0v) is 17.3. The quantitative estimate of drug-likeness (QED) is 0.379. The Morgan fingerprint density at radius 3 is 1.96 bits per heavy atom. The van der Waals surface area contributed by atoms with E-state index in [2.05, 4.69) is 51.2 Å². The van der Waals surface area contributed by atoms with Crippen molar-refractivity contribution < 1.29 is 4.79 Å². The molecule has 1 heterocycles. The monoisotopic (exact) mass is 364 g/mol. The molecular weight excluding hydrogens is 332 g/mol. The highest BCUT2D eigenvalue weighted by atomic mass is 16.1. The van der Waals surface area contributed by atoms with Gasteiger partial charge in [-0.2, -0.15) is 5.10 Å². The molecule has 3 rings (SSSR count). The van der Waals surface area contributed by atoms with Crippen molar-refractivity contribution in [2.75, 3.05) is 0 Å². The summed E-state index contributed by atoms with van der Waals surface area (Å²) in [5.41, 5.74) is 4.35. The van der Waals surface area contributed by atoms with Crippen LogP contribution in [0.5, 0.6) is 0 Å². The zero-order valence-electron chi connectivity index (χ0n) is 17.3. The third-order valence-electron chi connectivity index (χ3n) is 3.32. The van der Waals surface area contributed by atoms with Crippen LogP contribution in [-0.2, 0) is 0 Å². The Kier molecular flexibility index (Phi) is 12.7. The molecule has 0 saturated heterocycles. The first-order chi connectivity index (χ1) is 13.0. The third-order valence-corrected chi connectivity index (χ3v) is 3.32. The van der Waals surface area contributed by atoms with Gasteiger partial charge in [0.25, 0.3) is 0 Å². The number of aromatic nitrogens is 2. The first kappa shape index (κ1) is 24.1. The largest absolute Gasteiger partial charge is 0.295 e. The maximum absolute atomic E-state index is 10.8. The van der Waals surface area contributed by atoms with E-state index in [0.29, 0.717) is 0 Å². The summed E-state index contributed by atoms with van der Waals surface area (Å²) < 4.78 is 1.87. The molecule has 1 aromatic heterocycles. The molecule has 0 radical (unpaired) electrons. The lowest BCUT2D eigenvalue weighted by molar-refractivity contribution is 0.101. The van der Waals surface area contributed by atoms with Crippen LogP contribution in [0.3, 0.4) is 0 Å². The number of aryl methyl sites for hydroxylation is 2. The number of hydrogen-bond acceptors (Lipinski definition) is 2. The van der Waals surface area contributed by atoms with Gasteiger partial charge in [-0.1, -0.05) is 68.3 Å². The lowest BCUT2D eigenvalue weighted by atomic mass is 10.1. The Hall–Kier alpha value is -2.94. The summed E-state index contributed by atoms with van der Waals surface area (Å²) in [6, 6.07) is 17.7. The number of rotatable bonds is 2. The van der Waals surface area contributed by atoms with Crippen LogP contribution in [0.2, 0.25) is 0 Å². The average molecular weight is 365 g/mol. The molecule has 0 aliphatic rings. The van der Waals surface area contributed by atoms with E-state index < -0.39 is 0 Å². The minimum Gasteiger partial charge on any atom is -0.295 e. The topological polar surface area (TPSA) is 34.9 Å². The molecule has 3 nitrogen and oxygen atoms in total. The summed E-state index contributed by atoms with van der Waals surface area (Å²) in [5, 5.41) is 4.16. The number of para-hydroxylation sites is 1. The van der Waals surface area contributed by atoms with Gasteiger partial charge < -0.3 is 0 Å². The van der Waals surface area contributed by atoms with E-state index in [1.54, 1.807) is 13.1 Å². The summed E-state index contributed by atoms with van der Waals surface area (Å²) in [5.74, 6) is 0.125. The van der Waals surface area contributed by atoms with Crippen LogP contribution in [-0.4, -0.2) is 15.6 Å². The highest BCUT2D eigenvalue weighted by Crippen LogP contribution is 2.10. The fraction of sp³-hybridized carbons (Fsp3) is 0.250. The molecule has 144 valence electrons. The smallest absolute Gasteiger partial charge is 0.159 e. The second-order valence-electron chi connectivity index (χ2n) is 5.87. The molecule has 0 unspecified atom stereocenters. The molecule has 2 aromatic carbocycles. The van der Waals surface area contributed by atoms with Crippen molar-refractivity contribution in [2.24, 2.45) is 0 Å². The minimum atomic E-state index is 0.125. The number of Topliss-reactive ketones (excluding diaryl/α,β-unsaturated/α-hetero) is 1. The fourth-order valence-electron chi connectivity index (χ4n) is 2.02. The van der Waals surface area contributed by atoms with Crippen molar-refractivity contribution in [2.45, 2.75) is 41.0 Å². The first-order valence-electron chi connectivity index (χ1n) is 9.12. The Balaban J connectivity index is 0.000000410. The van der Waals surface area contributed by atoms with Crippen LogP contribution >= 0.6 is 0 Å². The Bertz CT molecular complexity index is 759. The number of carbonyl (C=O) groups excluding carboxylic acids is 1. The molecule has 0 bridgehead atoms. The van der Waals surface area contributed by atoms with Gasteiger partial charge in [0.05, 0.1) is 5.69 Å². The van der Waals surface area contributed by atoms with Crippen molar-refractivity contribution in [3.05, 3.63) is 96.8 Å². The Morgan fingerprint density at radius 2 is 1.52 bits per heavy atom. The number of nitrogens with zero attached hydrogens (tertiary/aromatic N) is 2. The number of carbonyl (C=O) groups is 1. The van der Waals surface area contributed by atoms with E-state index in [-0.39, 0.29) is 5.78 Å². The van der Waals surface area contributed by atoms with Gasteiger partial charge in [0.1, 0.15) is 0 Å². The van der Waals surface area contributed by atoms with Gasteiger partial charge in [-0.15, -0.1) is 13.2 Å². The van der Waals surface area contributed by atoms with Crippen LogP contribution < -0.4 is 0 Å². The van der Waals surface area contributed by atoms with Gasteiger partial charge in [-0.25, -0.2) is 4.68 Å². The SMILES string of the molecule is C=C.CC(=O)c1ccc(C)cc1.CCC.Cc1ccccc1-n1cccn1. The van der Waals surface area contributed by atoms with E-state index in [1.807, 2.05) is 60.3 Å². The van der Waals surface area contributed by atoms with E-state index >= 15 is 0 Å². The standard InChI is InChI=1S/C10H10N2.C9H10O.C3H8.C2H4/c1-9-5-2-3-6-10(9)12-8-4-7-11-12;1-7-3-5-9(6-4-7)8(2)10;1-3-2;1-2/h2-8H,1H3;3-6H,1-2H3;3H2,1-2H3;1-2H2. The van der Waals surface area contributed by atoms with Crippen molar-refractivity contribution in [3.8, 4) is 5.69 Å². The molecule has 3 heteroatoms. The summed E-state index contributed by atoms with van der Waals surface area (Å²) in [6.07, 6.45) is 4.98. The molecule has 27 heavy (non-hydrogen) atoms. The van der Waals surface area contributed by atoms with E-state index in [4.69, 9.17) is 0 Å². The van der Waals surface area contributed by atoms with Gasteiger partial charge in [0.2, 0.25) is 0 Å². The van der Waals surface area contributed by atoms with E-state index in [9.17, 15) is 4.79 Å². The lowest BCUT2D eigenvalue weighted by Crippen LogP contribution is -1.95. The molecular formula is C24H32N2O. The number of ketones is 1. The highest BCUT2D eigenvalue weighted by Gasteiger charge is 1.97. The van der Waals surface area contributed by atoms with Crippen LogP contribution in [0, 0.1) is 13.8 Å². The molecule has 3 aromatic rings. The minimum absolute atomic E-state index is 0.125. The fourth-order valence-corrected chi connectivity index (χ4v) is 2.02. The maximum atomic E-state index is 10.8. The number of benzene rings is 2. The average Bonchev–Trinajstić information content (AvgIpc) is 3.20. The van der Waals surface area contributed by atoms with Gasteiger partial charge in [0, 0.05) is 18.0 Å². The van der Waals surface area contributed by atoms with Crippen molar-refractivity contribution >= 4 is 5.78 Å². The van der Waals surface area contributed by atoms with Gasteiger partial charge in [0.15, 0.2) is 5.78 Å². The normalized spacial score (nSPS) is 8.78. The molecule has 0 aliphatic heterocycles. The molecule has 0 fully saturated rings. The van der Waals surface area contributed by atoms with Gasteiger partial charge >= 0.3 is 0 Å². The third kappa shape index (κ3) is 9.36. The van der Waals surface area contributed by atoms with Gasteiger partial charge in [-0.05, 0) is 38.5 Å². The molecule has 0 atom stereocenters. The van der Waals surface area contributed by atoms with Crippen LogP contribution in [0.15, 0.2) is 80.1 Å². The molecule has 0 amide bonds. The zero-order chi connectivity index (χ0) is 20.7. The van der Waals surface area contributed by atoms with Crippen molar-refractivity contribution in [1.29, 1.82) is 0 Å². The van der Waals surface area contributed by atoms with E-state index in [1.165, 1.54) is 17.5 Å². The predicted octanol–water partition coefficient (Wildman–Crippen LogP) is 6.60.